The van der Waals surface area contributed by atoms with Crippen molar-refractivity contribution in [2.75, 3.05) is 15.4 Å². The van der Waals surface area contributed by atoms with Crippen LogP contribution in [0.1, 0.15) is 0 Å². The van der Waals surface area contributed by atoms with Crippen molar-refractivity contribution in [3.05, 3.63) is 59.9 Å². The van der Waals surface area contributed by atoms with Crippen LogP contribution in [-0.2, 0) is 10.0 Å². The summed E-state index contributed by atoms with van der Waals surface area (Å²) >= 11 is 10.7. The first kappa shape index (κ1) is 19.7. The third-order valence-electron chi connectivity index (χ3n) is 3.28. The van der Waals surface area contributed by atoms with Crippen molar-refractivity contribution in [3.63, 3.8) is 0 Å². The van der Waals surface area contributed by atoms with Crippen LogP contribution in [0.5, 0.6) is 0 Å². The molecular formula is C16H14ClN7O2S2. The fraction of sp³-hybridized carbons (Fsp3) is 0. The zero-order valence-electron chi connectivity index (χ0n) is 14.1. The first-order valence-corrected chi connectivity index (χ1v) is 10.0. The van der Waals surface area contributed by atoms with Gasteiger partial charge in [0.15, 0.2) is 5.11 Å². The number of nitrogens with zero attached hydrogens (tertiary/aromatic N) is 3. The van der Waals surface area contributed by atoms with E-state index in [2.05, 4.69) is 30.3 Å². The molecule has 0 fully saturated rings. The van der Waals surface area contributed by atoms with Gasteiger partial charge < -0.3 is 16.4 Å². The van der Waals surface area contributed by atoms with Crippen molar-refractivity contribution in [2.45, 2.75) is 4.90 Å². The van der Waals surface area contributed by atoms with Gasteiger partial charge in [-0.15, -0.1) is 0 Å². The topological polar surface area (TPSA) is 135 Å². The Labute approximate surface area is 171 Å². The van der Waals surface area contributed by atoms with Crippen LogP contribution in [0.2, 0.25) is 5.28 Å². The second kappa shape index (κ2) is 8.33. The average molecular weight is 436 g/mol. The average Bonchev–Trinajstić information content (AvgIpc) is 2.61. The first-order chi connectivity index (χ1) is 13.3. The summed E-state index contributed by atoms with van der Waals surface area (Å²) in [5, 5.41) is 5.44. The molecule has 5 N–H and O–H groups in total. The van der Waals surface area contributed by atoms with Crippen LogP contribution in [-0.4, -0.2) is 28.5 Å². The summed E-state index contributed by atoms with van der Waals surface area (Å²) in [7, 11) is -3.99. The van der Waals surface area contributed by atoms with Crippen LogP contribution >= 0.6 is 23.8 Å². The van der Waals surface area contributed by atoms with Crippen LogP contribution < -0.4 is 21.1 Å². The summed E-state index contributed by atoms with van der Waals surface area (Å²) < 4.78 is 27.6. The Morgan fingerprint density at radius 1 is 0.964 bits per heavy atom. The summed E-state index contributed by atoms with van der Waals surface area (Å²) in [5.74, 6) is -0.140. The highest BCUT2D eigenvalue weighted by Gasteiger charge is 2.18. The van der Waals surface area contributed by atoms with Gasteiger partial charge in [0.25, 0.3) is 10.0 Å². The van der Waals surface area contributed by atoms with Crippen LogP contribution in [0, 0.1) is 0 Å². The number of rotatable bonds is 6. The fourth-order valence-electron chi connectivity index (χ4n) is 2.16. The fourth-order valence-corrected chi connectivity index (χ4v) is 3.43. The van der Waals surface area contributed by atoms with Crippen molar-refractivity contribution in [1.29, 1.82) is 0 Å². The molecule has 0 radical (unpaired) electrons. The highest BCUT2D eigenvalue weighted by molar-refractivity contribution is 7.92. The summed E-state index contributed by atoms with van der Waals surface area (Å²) in [6.45, 7) is 0. The highest BCUT2D eigenvalue weighted by atomic mass is 35.5. The van der Waals surface area contributed by atoms with E-state index in [0.717, 1.165) is 0 Å². The Balaban J connectivity index is 1.85. The summed E-state index contributed by atoms with van der Waals surface area (Å²) in [6.07, 6.45) is 0. The lowest BCUT2D eigenvalue weighted by molar-refractivity contribution is 0.601. The highest BCUT2D eigenvalue weighted by Crippen LogP contribution is 2.20. The zero-order chi connectivity index (χ0) is 20.1. The molecule has 3 aromatic rings. The molecule has 0 bridgehead atoms. The number of para-hydroxylation sites is 1. The second-order valence-electron chi connectivity index (χ2n) is 5.37. The Morgan fingerprint density at radius 3 is 2.36 bits per heavy atom. The number of halogens is 1. The Bertz CT molecular complexity index is 1110. The standard InChI is InChI=1S/C16H14ClN7O2S2/c17-13-21-15(20-10-5-2-1-3-6-10)23-16(22-13)24-28(25,26)12-8-4-7-11(9-12)19-14(18)27/h1-9H,(H3,18,19,27)(H2,20,21,22,23,24). The minimum absolute atomic E-state index is 0.0170. The van der Waals surface area contributed by atoms with E-state index in [1.165, 1.54) is 18.2 Å². The number of hydrogen-bond acceptors (Lipinski definition) is 7. The van der Waals surface area contributed by atoms with E-state index in [-0.39, 0.29) is 27.2 Å². The molecule has 3 rings (SSSR count). The van der Waals surface area contributed by atoms with Crippen molar-refractivity contribution in [1.82, 2.24) is 15.0 Å². The SMILES string of the molecule is NC(=S)Nc1cccc(S(=O)(=O)Nc2nc(Cl)nc(Nc3ccccc3)n2)c1. The lowest BCUT2D eigenvalue weighted by Gasteiger charge is -2.10. The van der Waals surface area contributed by atoms with E-state index < -0.39 is 10.0 Å². The van der Waals surface area contributed by atoms with Gasteiger partial charge in [-0.3, -0.25) is 0 Å². The lowest BCUT2D eigenvalue weighted by atomic mass is 10.3. The van der Waals surface area contributed by atoms with Crippen molar-refractivity contribution in [2.24, 2.45) is 5.73 Å². The predicted molar refractivity (Wildman–Crippen MR) is 112 cm³/mol. The molecular weight excluding hydrogens is 422 g/mol. The molecule has 0 spiro atoms. The molecule has 2 aromatic carbocycles. The van der Waals surface area contributed by atoms with Gasteiger partial charge in [-0.2, -0.15) is 15.0 Å². The molecule has 0 unspecified atom stereocenters. The molecule has 1 heterocycles. The minimum Gasteiger partial charge on any atom is -0.376 e. The van der Waals surface area contributed by atoms with E-state index in [1.54, 1.807) is 18.2 Å². The van der Waals surface area contributed by atoms with Gasteiger partial charge in [-0.05, 0) is 54.2 Å². The predicted octanol–water partition coefficient (Wildman–Crippen LogP) is 2.72. The largest absolute Gasteiger partial charge is 0.376 e. The Morgan fingerprint density at radius 2 is 1.64 bits per heavy atom. The Kier molecular flexibility index (Phi) is 5.87. The molecule has 1 aromatic heterocycles. The van der Waals surface area contributed by atoms with Crippen LogP contribution in [0.25, 0.3) is 0 Å². The first-order valence-electron chi connectivity index (χ1n) is 7.75. The molecule has 144 valence electrons. The minimum atomic E-state index is -3.99. The van der Waals surface area contributed by atoms with Gasteiger partial charge in [-0.1, -0.05) is 24.3 Å². The molecule has 9 nitrogen and oxygen atoms in total. The number of nitrogens with two attached hydrogens (primary N) is 1. The molecule has 0 atom stereocenters. The second-order valence-corrected chi connectivity index (χ2v) is 7.83. The normalized spacial score (nSPS) is 10.9. The summed E-state index contributed by atoms with van der Waals surface area (Å²) in [4.78, 5) is 11.8. The van der Waals surface area contributed by atoms with Gasteiger partial charge in [-0.25, -0.2) is 13.1 Å². The van der Waals surface area contributed by atoms with E-state index in [1.807, 2.05) is 18.2 Å². The third kappa shape index (κ3) is 5.25. The maximum Gasteiger partial charge on any atom is 0.264 e. The lowest BCUT2D eigenvalue weighted by Crippen LogP contribution is -2.20. The third-order valence-corrected chi connectivity index (χ3v) is 4.87. The van der Waals surface area contributed by atoms with Gasteiger partial charge in [0.05, 0.1) is 4.90 Å². The van der Waals surface area contributed by atoms with Crippen molar-refractivity contribution < 1.29 is 8.42 Å². The molecule has 0 aliphatic heterocycles. The summed E-state index contributed by atoms with van der Waals surface area (Å²) in [5.41, 5.74) is 6.54. The quantitative estimate of drug-likeness (QED) is 0.431. The molecule has 0 aliphatic rings. The maximum absolute atomic E-state index is 12.7. The zero-order valence-corrected chi connectivity index (χ0v) is 16.5. The number of anilines is 4. The molecule has 0 amide bonds. The number of aromatic nitrogens is 3. The monoisotopic (exact) mass is 435 g/mol. The molecule has 0 saturated heterocycles. The number of thiocarbonyl (C=S) groups is 1. The van der Waals surface area contributed by atoms with Crippen LogP contribution in [0.3, 0.4) is 0 Å². The molecule has 28 heavy (non-hydrogen) atoms. The summed E-state index contributed by atoms with van der Waals surface area (Å²) in [6, 6.07) is 15.0. The van der Waals surface area contributed by atoms with E-state index in [4.69, 9.17) is 29.6 Å². The van der Waals surface area contributed by atoms with Crippen LogP contribution in [0.4, 0.5) is 23.3 Å². The van der Waals surface area contributed by atoms with Crippen molar-refractivity contribution in [3.8, 4) is 0 Å². The van der Waals surface area contributed by atoms with E-state index in [0.29, 0.717) is 11.4 Å². The maximum atomic E-state index is 12.7. The smallest absolute Gasteiger partial charge is 0.264 e. The van der Waals surface area contributed by atoms with Crippen molar-refractivity contribution >= 4 is 62.2 Å². The molecule has 0 saturated carbocycles. The van der Waals surface area contributed by atoms with Gasteiger partial charge in [0.1, 0.15) is 0 Å². The molecule has 0 aliphatic carbocycles. The van der Waals surface area contributed by atoms with Crippen LogP contribution in [0.15, 0.2) is 59.5 Å². The number of hydrogen-bond donors (Lipinski definition) is 4. The Hall–Kier alpha value is -3.02. The van der Waals surface area contributed by atoms with Gasteiger partial charge in [0, 0.05) is 11.4 Å². The van der Waals surface area contributed by atoms with Gasteiger partial charge in [0.2, 0.25) is 17.2 Å². The number of benzene rings is 2. The van der Waals surface area contributed by atoms with E-state index in [9.17, 15) is 8.42 Å². The number of sulfonamides is 1. The van der Waals surface area contributed by atoms with Gasteiger partial charge >= 0.3 is 0 Å². The number of nitrogens with one attached hydrogen (secondary N) is 3. The molecule has 12 heteroatoms. The van der Waals surface area contributed by atoms with E-state index >= 15 is 0 Å².